The minimum absolute atomic E-state index is 0.0126. The van der Waals surface area contributed by atoms with Crippen LogP contribution in [0.5, 0.6) is 5.88 Å². The Morgan fingerprint density at radius 3 is 2.92 bits per heavy atom. The van der Waals surface area contributed by atoms with Gasteiger partial charge in [0.2, 0.25) is 5.88 Å². The van der Waals surface area contributed by atoms with E-state index >= 15 is 0 Å². The van der Waals surface area contributed by atoms with Gasteiger partial charge in [-0.25, -0.2) is 9.97 Å². The van der Waals surface area contributed by atoms with E-state index < -0.39 is 0 Å². The highest BCUT2D eigenvalue weighted by Crippen LogP contribution is 2.11. The van der Waals surface area contributed by atoms with Crippen molar-refractivity contribution in [1.82, 2.24) is 9.97 Å². The molecule has 64 valence electrons. The first kappa shape index (κ1) is 8.64. The Hall–Kier alpha value is -1.45. The summed E-state index contributed by atoms with van der Waals surface area (Å²) in [6, 6.07) is 0. The van der Waals surface area contributed by atoms with Gasteiger partial charge in [-0.1, -0.05) is 0 Å². The van der Waals surface area contributed by atoms with Gasteiger partial charge in [0.25, 0.3) is 0 Å². The third-order valence-corrected chi connectivity index (χ3v) is 1.18. The van der Waals surface area contributed by atoms with Gasteiger partial charge in [0, 0.05) is 6.20 Å². The maximum absolute atomic E-state index is 10.4. The highest BCUT2D eigenvalue weighted by atomic mass is 16.5. The molecule has 0 amide bonds. The molecule has 0 unspecified atom stereocenters. The third-order valence-electron chi connectivity index (χ3n) is 1.18. The predicted octanol–water partition coefficient (Wildman–Crippen LogP) is 1.08. The highest BCUT2D eigenvalue weighted by molar-refractivity contribution is 5.77. The minimum atomic E-state index is 0.0126. The SMILES string of the molecule is CC(C)Oc1ncncc1C=O. The van der Waals surface area contributed by atoms with Gasteiger partial charge in [-0.15, -0.1) is 0 Å². The molecule has 0 spiro atoms. The Balaban J connectivity index is 2.89. The summed E-state index contributed by atoms with van der Waals surface area (Å²) in [4.78, 5) is 18.0. The van der Waals surface area contributed by atoms with Crippen LogP contribution in [0.25, 0.3) is 0 Å². The van der Waals surface area contributed by atoms with Gasteiger partial charge in [0.15, 0.2) is 6.29 Å². The molecule has 1 heterocycles. The summed E-state index contributed by atoms with van der Waals surface area (Å²) in [6.07, 6.45) is 3.47. The molecule has 4 heteroatoms. The number of carbonyl (C=O) groups excluding carboxylic acids is 1. The van der Waals surface area contributed by atoms with Crippen LogP contribution in [-0.2, 0) is 0 Å². The van der Waals surface area contributed by atoms with Gasteiger partial charge >= 0.3 is 0 Å². The zero-order valence-corrected chi connectivity index (χ0v) is 7.02. The monoisotopic (exact) mass is 166 g/mol. The second-order valence-electron chi connectivity index (χ2n) is 2.57. The number of ether oxygens (including phenoxy) is 1. The number of nitrogens with zero attached hydrogens (tertiary/aromatic N) is 2. The summed E-state index contributed by atoms with van der Waals surface area (Å²) in [7, 11) is 0. The number of hydrogen-bond acceptors (Lipinski definition) is 4. The molecular weight excluding hydrogens is 156 g/mol. The van der Waals surface area contributed by atoms with Crippen molar-refractivity contribution < 1.29 is 9.53 Å². The van der Waals surface area contributed by atoms with Crippen LogP contribution in [0.15, 0.2) is 12.5 Å². The summed E-state index contributed by atoms with van der Waals surface area (Å²) in [5.41, 5.74) is 0.381. The zero-order chi connectivity index (χ0) is 8.97. The van der Waals surface area contributed by atoms with Gasteiger partial charge in [0.1, 0.15) is 6.33 Å². The van der Waals surface area contributed by atoms with Crippen LogP contribution in [-0.4, -0.2) is 22.4 Å². The lowest BCUT2D eigenvalue weighted by atomic mass is 10.3. The molecule has 12 heavy (non-hydrogen) atoms. The van der Waals surface area contributed by atoms with Crippen molar-refractivity contribution in [3.8, 4) is 5.88 Å². The van der Waals surface area contributed by atoms with Gasteiger partial charge in [0.05, 0.1) is 11.7 Å². The molecule has 0 aliphatic rings. The van der Waals surface area contributed by atoms with Crippen LogP contribution < -0.4 is 4.74 Å². The Morgan fingerprint density at radius 2 is 2.33 bits per heavy atom. The number of aromatic nitrogens is 2. The van der Waals surface area contributed by atoms with Crippen molar-refractivity contribution in [1.29, 1.82) is 0 Å². The van der Waals surface area contributed by atoms with Crippen molar-refractivity contribution in [2.75, 3.05) is 0 Å². The first-order valence-electron chi connectivity index (χ1n) is 3.66. The lowest BCUT2D eigenvalue weighted by Crippen LogP contribution is -2.08. The van der Waals surface area contributed by atoms with Gasteiger partial charge in [-0.3, -0.25) is 4.79 Å². The number of hydrogen-bond donors (Lipinski definition) is 0. The Labute approximate surface area is 70.6 Å². The van der Waals surface area contributed by atoms with E-state index in [4.69, 9.17) is 4.74 Å². The van der Waals surface area contributed by atoms with Crippen LogP contribution in [0.1, 0.15) is 24.2 Å². The van der Waals surface area contributed by atoms with E-state index in [-0.39, 0.29) is 6.10 Å². The molecule has 0 saturated heterocycles. The van der Waals surface area contributed by atoms with E-state index in [0.717, 1.165) is 0 Å². The fourth-order valence-corrected chi connectivity index (χ4v) is 0.732. The average molecular weight is 166 g/mol. The second-order valence-corrected chi connectivity index (χ2v) is 2.57. The van der Waals surface area contributed by atoms with Gasteiger partial charge in [-0.05, 0) is 13.8 Å². The highest BCUT2D eigenvalue weighted by Gasteiger charge is 2.04. The summed E-state index contributed by atoms with van der Waals surface area (Å²) in [5, 5.41) is 0. The maximum atomic E-state index is 10.4. The summed E-state index contributed by atoms with van der Waals surface area (Å²) in [6.45, 7) is 3.74. The molecule has 1 rings (SSSR count). The fraction of sp³-hybridized carbons (Fsp3) is 0.375. The molecule has 1 aromatic rings. The lowest BCUT2D eigenvalue weighted by Gasteiger charge is -2.08. The van der Waals surface area contributed by atoms with Crippen molar-refractivity contribution in [2.45, 2.75) is 20.0 Å². The molecule has 0 aliphatic carbocycles. The number of rotatable bonds is 3. The van der Waals surface area contributed by atoms with Gasteiger partial charge in [-0.2, -0.15) is 0 Å². The topological polar surface area (TPSA) is 52.1 Å². The quantitative estimate of drug-likeness (QED) is 0.630. The molecule has 0 N–H and O–H groups in total. The molecule has 0 aromatic carbocycles. The predicted molar refractivity (Wildman–Crippen MR) is 43.2 cm³/mol. The molecule has 4 nitrogen and oxygen atoms in total. The summed E-state index contributed by atoms with van der Waals surface area (Å²) >= 11 is 0. The number of aldehydes is 1. The number of carbonyl (C=O) groups is 1. The van der Waals surface area contributed by atoms with Crippen molar-refractivity contribution in [3.05, 3.63) is 18.1 Å². The van der Waals surface area contributed by atoms with Crippen LogP contribution in [0.2, 0.25) is 0 Å². The molecule has 1 aromatic heterocycles. The largest absolute Gasteiger partial charge is 0.474 e. The standard InChI is InChI=1S/C8H10N2O2/c1-6(2)12-8-7(4-11)3-9-5-10-8/h3-6H,1-2H3. The maximum Gasteiger partial charge on any atom is 0.227 e. The van der Waals surface area contributed by atoms with Gasteiger partial charge < -0.3 is 4.74 Å². The van der Waals surface area contributed by atoms with E-state index in [2.05, 4.69) is 9.97 Å². The summed E-state index contributed by atoms with van der Waals surface area (Å²) in [5.74, 6) is 0.343. The third kappa shape index (κ3) is 2.02. The van der Waals surface area contributed by atoms with E-state index in [0.29, 0.717) is 17.7 Å². The van der Waals surface area contributed by atoms with E-state index in [9.17, 15) is 4.79 Å². The van der Waals surface area contributed by atoms with Crippen molar-refractivity contribution in [2.24, 2.45) is 0 Å². The molecular formula is C8H10N2O2. The lowest BCUT2D eigenvalue weighted by molar-refractivity contribution is 0.111. The fourth-order valence-electron chi connectivity index (χ4n) is 0.732. The Morgan fingerprint density at radius 1 is 1.58 bits per heavy atom. The zero-order valence-electron chi connectivity index (χ0n) is 7.02. The molecule has 0 radical (unpaired) electrons. The first-order valence-corrected chi connectivity index (χ1v) is 3.66. The van der Waals surface area contributed by atoms with Crippen LogP contribution in [0.3, 0.4) is 0 Å². The molecule has 0 fully saturated rings. The van der Waals surface area contributed by atoms with Crippen LogP contribution in [0.4, 0.5) is 0 Å². The van der Waals surface area contributed by atoms with Crippen molar-refractivity contribution in [3.63, 3.8) is 0 Å². The second kappa shape index (κ2) is 3.80. The Kier molecular flexibility index (Phi) is 2.74. The smallest absolute Gasteiger partial charge is 0.227 e. The molecule has 0 saturated carbocycles. The van der Waals surface area contributed by atoms with E-state index in [1.165, 1.54) is 12.5 Å². The molecule has 0 atom stereocenters. The van der Waals surface area contributed by atoms with Crippen LogP contribution >= 0.6 is 0 Å². The minimum Gasteiger partial charge on any atom is -0.474 e. The molecule has 0 bridgehead atoms. The molecule has 0 aliphatic heterocycles. The van der Waals surface area contributed by atoms with E-state index in [1.54, 1.807) is 0 Å². The average Bonchev–Trinajstić information content (AvgIpc) is 2.04. The Bertz CT molecular complexity index is 274. The summed E-state index contributed by atoms with van der Waals surface area (Å²) < 4.78 is 5.25. The van der Waals surface area contributed by atoms with Crippen LogP contribution in [0, 0.1) is 0 Å². The normalized spacial score (nSPS) is 9.92. The van der Waals surface area contributed by atoms with E-state index in [1.807, 2.05) is 13.8 Å². The van der Waals surface area contributed by atoms with Crippen molar-refractivity contribution >= 4 is 6.29 Å². The first-order chi connectivity index (χ1) is 5.74.